The third-order valence-corrected chi connectivity index (χ3v) is 3.13. The summed E-state index contributed by atoms with van der Waals surface area (Å²) in [5.41, 5.74) is 0.828. The lowest BCUT2D eigenvalue weighted by Crippen LogP contribution is -2.12. The summed E-state index contributed by atoms with van der Waals surface area (Å²) >= 11 is 7.05. The Morgan fingerprint density at radius 1 is 1.71 bits per heavy atom. The summed E-state index contributed by atoms with van der Waals surface area (Å²) in [7, 11) is 0. The summed E-state index contributed by atoms with van der Waals surface area (Å²) in [6, 6.07) is 0. The van der Waals surface area contributed by atoms with Crippen molar-refractivity contribution in [1.29, 1.82) is 0 Å². The molecule has 0 aliphatic carbocycles. The summed E-state index contributed by atoms with van der Waals surface area (Å²) in [5, 5.41) is 11.4. The number of nitrogens with zero attached hydrogens (tertiary/aromatic N) is 1. The fourth-order valence-electron chi connectivity index (χ4n) is 1.17. The van der Waals surface area contributed by atoms with E-state index in [1.807, 2.05) is 6.92 Å². The normalized spacial score (nSPS) is 14.1. The zero-order valence-corrected chi connectivity index (χ0v) is 11.4. The van der Waals surface area contributed by atoms with E-state index in [9.17, 15) is 9.90 Å². The molecule has 1 aromatic heterocycles. The maximum Gasteiger partial charge on any atom is 0.344 e. The smallest absolute Gasteiger partial charge is 0.344 e. The van der Waals surface area contributed by atoms with Crippen LogP contribution in [-0.4, -0.2) is 28.0 Å². The van der Waals surface area contributed by atoms with E-state index in [-0.39, 0.29) is 17.9 Å². The molecule has 0 saturated heterocycles. The van der Waals surface area contributed by atoms with Gasteiger partial charge in [-0.25, -0.2) is 9.78 Å². The topological polar surface area (TPSA) is 59.4 Å². The van der Waals surface area contributed by atoms with Crippen molar-refractivity contribution in [3.05, 3.63) is 21.8 Å². The van der Waals surface area contributed by atoms with Gasteiger partial charge in [-0.05, 0) is 20.8 Å². The van der Waals surface area contributed by atoms with Gasteiger partial charge in [0, 0.05) is 11.1 Å². The Kier molecular flexibility index (Phi) is 4.96. The molecule has 6 heteroatoms. The number of thiazole rings is 1. The highest BCUT2D eigenvalue weighted by Crippen LogP contribution is 2.26. The number of aliphatic hydroxyl groups is 1. The minimum Gasteiger partial charge on any atom is -0.510 e. The van der Waals surface area contributed by atoms with Crippen molar-refractivity contribution in [2.45, 2.75) is 26.1 Å². The number of allylic oxidation sites excluding steroid dienone is 1. The molecule has 0 aliphatic heterocycles. The van der Waals surface area contributed by atoms with Crippen LogP contribution in [0.25, 0.3) is 5.57 Å². The quantitative estimate of drug-likeness (QED) is 0.397. The van der Waals surface area contributed by atoms with Gasteiger partial charge < -0.3 is 9.84 Å². The van der Waals surface area contributed by atoms with Gasteiger partial charge in [-0.2, -0.15) is 0 Å². The Balaban J connectivity index is 3.21. The van der Waals surface area contributed by atoms with Gasteiger partial charge in [0.15, 0.2) is 0 Å². The van der Waals surface area contributed by atoms with Crippen molar-refractivity contribution in [3.63, 3.8) is 0 Å². The van der Waals surface area contributed by atoms with E-state index in [1.54, 1.807) is 19.2 Å². The maximum atomic E-state index is 11.8. The number of hydrogen-bond acceptors (Lipinski definition) is 5. The number of carbonyl (C=O) groups excluding carboxylic acids is 1. The van der Waals surface area contributed by atoms with Gasteiger partial charge in [-0.3, -0.25) is 0 Å². The van der Waals surface area contributed by atoms with E-state index in [0.29, 0.717) is 5.01 Å². The molecule has 0 radical (unpaired) electrons. The molecule has 94 valence electrons. The number of aliphatic hydroxyl groups excluding tert-OH is 1. The minimum absolute atomic E-state index is 0.0486. The molecular weight excluding hydrogens is 262 g/mol. The molecular formula is C11H14ClNO3S. The molecule has 1 atom stereocenters. The molecule has 0 aromatic carbocycles. The molecule has 0 amide bonds. The van der Waals surface area contributed by atoms with Crippen molar-refractivity contribution < 1.29 is 14.6 Å². The Morgan fingerprint density at radius 2 is 2.35 bits per heavy atom. The molecule has 0 unspecified atom stereocenters. The highest BCUT2D eigenvalue weighted by molar-refractivity contribution is 7.11. The fraction of sp³-hybridized carbons (Fsp3) is 0.455. The highest BCUT2D eigenvalue weighted by Gasteiger charge is 2.24. The number of aromatic nitrogens is 1. The van der Waals surface area contributed by atoms with Crippen LogP contribution in [0.1, 0.15) is 24.5 Å². The summed E-state index contributed by atoms with van der Waals surface area (Å²) < 4.78 is 4.89. The zero-order valence-electron chi connectivity index (χ0n) is 9.86. The third-order valence-electron chi connectivity index (χ3n) is 1.95. The molecule has 0 spiro atoms. The van der Waals surface area contributed by atoms with Gasteiger partial charge in [0.25, 0.3) is 0 Å². The van der Waals surface area contributed by atoms with Crippen LogP contribution in [0.15, 0.2) is 11.1 Å². The SMILES string of the molecule is CCOC(=O)/C(=C(/O)[C@H](C)Cl)c1nc(C)cs1. The number of carbonyl (C=O) groups is 1. The Bertz CT molecular complexity index is 440. The van der Waals surface area contributed by atoms with Crippen LogP contribution in [0.2, 0.25) is 0 Å². The van der Waals surface area contributed by atoms with Crippen LogP contribution in [-0.2, 0) is 9.53 Å². The molecule has 1 heterocycles. The van der Waals surface area contributed by atoms with Crippen LogP contribution in [0, 0.1) is 6.92 Å². The lowest BCUT2D eigenvalue weighted by molar-refractivity contribution is -0.136. The predicted octanol–water partition coefficient (Wildman–Crippen LogP) is 2.91. The number of aryl methyl sites for hydroxylation is 1. The number of alkyl halides is 1. The molecule has 0 aliphatic rings. The van der Waals surface area contributed by atoms with Crippen LogP contribution < -0.4 is 0 Å². The van der Waals surface area contributed by atoms with Crippen LogP contribution in [0.5, 0.6) is 0 Å². The lowest BCUT2D eigenvalue weighted by atomic mass is 10.2. The van der Waals surface area contributed by atoms with Gasteiger partial charge in [0.2, 0.25) is 0 Å². The Labute approximate surface area is 109 Å². The van der Waals surface area contributed by atoms with Gasteiger partial charge in [-0.15, -0.1) is 22.9 Å². The maximum absolute atomic E-state index is 11.8. The van der Waals surface area contributed by atoms with Crippen molar-refractivity contribution in [3.8, 4) is 0 Å². The minimum atomic E-state index is -0.668. The van der Waals surface area contributed by atoms with Gasteiger partial charge in [-0.1, -0.05) is 0 Å². The summed E-state index contributed by atoms with van der Waals surface area (Å²) in [4.78, 5) is 15.9. The molecule has 1 aromatic rings. The van der Waals surface area contributed by atoms with Crippen LogP contribution in [0.4, 0.5) is 0 Å². The molecule has 0 saturated carbocycles. The second-order valence-corrected chi connectivity index (χ2v) is 4.90. The molecule has 4 nitrogen and oxygen atoms in total. The average Bonchev–Trinajstić information content (AvgIpc) is 2.65. The Morgan fingerprint density at radius 3 is 2.76 bits per heavy atom. The van der Waals surface area contributed by atoms with Crippen molar-refractivity contribution in [1.82, 2.24) is 4.98 Å². The second-order valence-electron chi connectivity index (χ2n) is 3.39. The van der Waals surface area contributed by atoms with E-state index in [2.05, 4.69) is 4.98 Å². The van der Waals surface area contributed by atoms with Crippen LogP contribution >= 0.6 is 22.9 Å². The standard InChI is InChI=1S/C11H14ClNO3S/c1-4-16-11(15)8(9(14)7(3)12)10-13-6(2)5-17-10/h5,7,14H,4H2,1-3H3/b9-8+/t7-/m0/s1. The van der Waals surface area contributed by atoms with Crippen molar-refractivity contribution in [2.24, 2.45) is 0 Å². The number of ether oxygens (including phenoxy) is 1. The summed E-state index contributed by atoms with van der Waals surface area (Å²) in [5.74, 6) is -0.814. The first-order valence-electron chi connectivity index (χ1n) is 5.14. The Hall–Kier alpha value is -1.07. The van der Waals surface area contributed by atoms with Gasteiger partial charge >= 0.3 is 5.97 Å². The number of esters is 1. The van der Waals surface area contributed by atoms with E-state index >= 15 is 0 Å². The lowest BCUT2D eigenvalue weighted by Gasteiger charge is -2.09. The van der Waals surface area contributed by atoms with E-state index in [0.717, 1.165) is 5.69 Å². The largest absolute Gasteiger partial charge is 0.510 e. The third kappa shape index (κ3) is 3.44. The van der Waals surface area contributed by atoms with E-state index in [4.69, 9.17) is 16.3 Å². The predicted molar refractivity (Wildman–Crippen MR) is 68.3 cm³/mol. The first-order valence-corrected chi connectivity index (χ1v) is 6.45. The first-order chi connectivity index (χ1) is 7.97. The number of hydrogen-bond donors (Lipinski definition) is 1. The molecule has 0 bridgehead atoms. The number of halogens is 1. The second kappa shape index (κ2) is 6.02. The fourth-order valence-corrected chi connectivity index (χ4v) is 2.12. The summed E-state index contributed by atoms with van der Waals surface area (Å²) in [6.07, 6.45) is 0. The molecule has 1 N–H and O–H groups in total. The van der Waals surface area contributed by atoms with Gasteiger partial charge in [0.1, 0.15) is 16.3 Å². The number of rotatable bonds is 4. The molecule has 0 fully saturated rings. The average molecular weight is 276 g/mol. The highest BCUT2D eigenvalue weighted by atomic mass is 35.5. The molecule has 17 heavy (non-hydrogen) atoms. The zero-order chi connectivity index (χ0) is 13.0. The van der Waals surface area contributed by atoms with E-state index in [1.165, 1.54) is 11.3 Å². The first kappa shape index (κ1) is 14.0. The van der Waals surface area contributed by atoms with Crippen LogP contribution in [0.3, 0.4) is 0 Å². The van der Waals surface area contributed by atoms with E-state index < -0.39 is 11.3 Å². The van der Waals surface area contributed by atoms with Crippen molar-refractivity contribution >= 4 is 34.5 Å². The molecule has 1 rings (SSSR count). The van der Waals surface area contributed by atoms with Crippen molar-refractivity contribution in [2.75, 3.05) is 6.61 Å². The summed E-state index contributed by atoms with van der Waals surface area (Å²) in [6.45, 7) is 5.32. The van der Waals surface area contributed by atoms with Gasteiger partial charge in [0.05, 0.1) is 12.0 Å². The monoisotopic (exact) mass is 275 g/mol.